The van der Waals surface area contributed by atoms with Gasteiger partial charge < -0.3 is 9.84 Å². The van der Waals surface area contributed by atoms with Gasteiger partial charge in [-0.1, -0.05) is 0 Å². The van der Waals surface area contributed by atoms with Gasteiger partial charge in [0.25, 0.3) is 10.0 Å². The SMILES string of the molecule is CCOc1ccc(S(=O)(=O)Nc2ccc(C(=O)O)cc2)c(C)c1C. The maximum Gasteiger partial charge on any atom is 0.335 e. The Hall–Kier alpha value is -2.54. The molecule has 0 radical (unpaired) electrons. The molecule has 6 nitrogen and oxygen atoms in total. The molecule has 0 spiro atoms. The summed E-state index contributed by atoms with van der Waals surface area (Å²) in [6.45, 7) is 5.89. The van der Waals surface area contributed by atoms with E-state index in [1.807, 2.05) is 6.92 Å². The highest BCUT2D eigenvalue weighted by molar-refractivity contribution is 7.92. The first kappa shape index (κ1) is 17.8. The molecule has 2 N–H and O–H groups in total. The van der Waals surface area contributed by atoms with Gasteiger partial charge in [-0.05, 0) is 68.3 Å². The first-order valence-electron chi connectivity index (χ1n) is 7.35. The molecule has 0 aliphatic rings. The van der Waals surface area contributed by atoms with Gasteiger partial charge in [-0.25, -0.2) is 13.2 Å². The first-order chi connectivity index (χ1) is 11.3. The Morgan fingerprint density at radius 2 is 1.71 bits per heavy atom. The van der Waals surface area contributed by atoms with E-state index in [1.165, 1.54) is 30.3 Å². The van der Waals surface area contributed by atoms with Crippen molar-refractivity contribution in [2.24, 2.45) is 0 Å². The molecule has 0 aliphatic heterocycles. The molecular formula is C17H19NO5S. The quantitative estimate of drug-likeness (QED) is 0.835. The minimum Gasteiger partial charge on any atom is -0.494 e. The topological polar surface area (TPSA) is 92.7 Å². The van der Waals surface area contributed by atoms with Crippen molar-refractivity contribution < 1.29 is 23.1 Å². The Kier molecular flexibility index (Phi) is 5.14. The fraction of sp³-hybridized carbons (Fsp3) is 0.235. The molecule has 2 rings (SSSR count). The minimum atomic E-state index is -3.78. The van der Waals surface area contributed by atoms with Gasteiger partial charge in [0.15, 0.2) is 0 Å². The number of carbonyl (C=O) groups is 1. The number of anilines is 1. The Balaban J connectivity index is 2.33. The number of carboxylic acid groups (broad SMARTS) is 1. The van der Waals surface area contributed by atoms with Crippen LogP contribution in [0.15, 0.2) is 41.3 Å². The Morgan fingerprint density at radius 3 is 2.25 bits per heavy atom. The summed E-state index contributed by atoms with van der Waals surface area (Å²) in [6.07, 6.45) is 0. The van der Waals surface area contributed by atoms with Crippen molar-refractivity contribution >= 4 is 21.7 Å². The molecule has 2 aromatic carbocycles. The van der Waals surface area contributed by atoms with Gasteiger partial charge in [0.1, 0.15) is 5.75 Å². The lowest BCUT2D eigenvalue weighted by atomic mass is 10.1. The summed E-state index contributed by atoms with van der Waals surface area (Å²) in [5, 5.41) is 8.87. The average Bonchev–Trinajstić information content (AvgIpc) is 2.52. The molecule has 2 aromatic rings. The number of hydrogen-bond acceptors (Lipinski definition) is 4. The number of aromatic carboxylic acids is 1. The molecule has 0 aromatic heterocycles. The van der Waals surface area contributed by atoms with Crippen molar-refractivity contribution in [3.8, 4) is 5.75 Å². The second kappa shape index (κ2) is 6.92. The predicted molar refractivity (Wildman–Crippen MR) is 91.3 cm³/mol. The highest BCUT2D eigenvalue weighted by Crippen LogP contribution is 2.28. The predicted octanol–water partition coefficient (Wildman–Crippen LogP) is 3.20. The summed E-state index contributed by atoms with van der Waals surface area (Å²) >= 11 is 0. The van der Waals surface area contributed by atoms with Crippen LogP contribution in [0.5, 0.6) is 5.75 Å². The van der Waals surface area contributed by atoms with Crippen LogP contribution in [-0.4, -0.2) is 26.1 Å². The summed E-state index contributed by atoms with van der Waals surface area (Å²) in [4.78, 5) is 11.0. The van der Waals surface area contributed by atoms with Crippen LogP contribution in [0.3, 0.4) is 0 Å². The van der Waals surface area contributed by atoms with Crippen molar-refractivity contribution in [2.75, 3.05) is 11.3 Å². The first-order valence-corrected chi connectivity index (χ1v) is 8.83. The summed E-state index contributed by atoms with van der Waals surface area (Å²) in [5.41, 5.74) is 1.76. The van der Waals surface area contributed by atoms with E-state index in [0.717, 1.165) is 5.56 Å². The monoisotopic (exact) mass is 349 g/mol. The largest absolute Gasteiger partial charge is 0.494 e. The van der Waals surface area contributed by atoms with Crippen molar-refractivity contribution in [2.45, 2.75) is 25.7 Å². The molecule has 0 heterocycles. The van der Waals surface area contributed by atoms with E-state index in [2.05, 4.69) is 4.72 Å². The van der Waals surface area contributed by atoms with Crippen LogP contribution in [0.1, 0.15) is 28.4 Å². The molecule has 0 saturated heterocycles. The summed E-state index contributed by atoms with van der Waals surface area (Å²) in [5.74, 6) is -0.415. The van der Waals surface area contributed by atoms with Crippen LogP contribution in [0.2, 0.25) is 0 Å². The van der Waals surface area contributed by atoms with Gasteiger partial charge in [0.05, 0.1) is 17.1 Å². The van der Waals surface area contributed by atoms with E-state index in [4.69, 9.17) is 9.84 Å². The van der Waals surface area contributed by atoms with Crippen LogP contribution >= 0.6 is 0 Å². The van der Waals surface area contributed by atoms with E-state index in [1.54, 1.807) is 19.9 Å². The van der Waals surface area contributed by atoms with Crippen molar-refractivity contribution in [3.63, 3.8) is 0 Å². The molecule has 0 fully saturated rings. The normalized spacial score (nSPS) is 11.1. The van der Waals surface area contributed by atoms with Crippen LogP contribution in [-0.2, 0) is 10.0 Å². The van der Waals surface area contributed by atoms with E-state index in [-0.39, 0.29) is 10.5 Å². The molecule has 0 aliphatic carbocycles. The lowest BCUT2D eigenvalue weighted by Gasteiger charge is -2.15. The van der Waals surface area contributed by atoms with E-state index >= 15 is 0 Å². The summed E-state index contributed by atoms with van der Waals surface area (Å²) in [7, 11) is -3.78. The number of nitrogens with one attached hydrogen (secondary N) is 1. The summed E-state index contributed by atoms with van der Waals surface area (Å²) < 4.78 is 33.1. The Bertz CT molecular complexity index is 857. The average molecular weight is 349 g/mol. The minimum absolute atomic E-state index is 0.0889. The summed E-state index contributed by atoms with van der Waals surface area (Å²) in [6, 6.07) is 8.65. The second-order valence-corrected chi connectivity index (χ2v) is 6.88. The number of ether oxygens (including phenoxy) is 1. The third-order valence-corrected chi connectivity index (χ3v) is 5.19. The molecule has 0 unspecified atom stereocenters. The van der Waals surface area contributed by atoms with Crippen molar-refractivity contribution in [1.29, 1.82) is 0 Å². The molecule has 0 amide bonds. The Labute approximate surface area is 141 Å². The zero-order chi connectivity index (χ0) is 17.9. The number of benzene rings is 2. The maximum atomic E-state index is 12.6. The number of hydrogen-bond donors (Lipinski definition) is 2. The zero-order valence-electron chi connectivity index (χ0n) is 13.7. The maximum absolute atomic E-state index is 12.6. The third-order valence-electron chi connectivity index (χ3n) is 3.66. The molecule has 24 heavy (non-hydrogen) atoms. The Morgan fingerprint density at radius 1 is 1.08 bits per heavy atom. The van der Waals surface area contributed by atoms with Crippen LogP contribution < -0.4 is 9.46 Å². The van der Waals surface area contributed by atoms with E-state index in [9.17, 15) is 13.2 Å². The van der Waals surface area contributed by atoms with Crippen LogP contribution in [0.25, 0.3) is 0 Å². The molecule has 0 atom stereocenters. The fourth-order valence-electron chi connectivity index (χ4n) is 2.26. The van der Waals surface area contributed by atoms with E-state index < -0.39 is 16.0 Å². The molecule has 0 bridgehead atoms. The zero-order valence-corrected chi connectivity index (χ0v) is 14.5. The van der Waals surface area contributed by atoms with Gasteiger partial charge in [0, 0.05) is 5.69 Å². The van der Waals surface area contributed by atoms with Crippen LogP contribution in [0.4, 0.5) is 5.69 Å². The molecule has 7 heteroatoms. The second-order valence-electron chi connectivity index (χ2n) is 5.23. The highest BCUT2D eigenvalue weighted by atomic mass is 32.2. The molecule has 0 saturated carbocycles. The number of carboxylic acids is 1. The lowest BCUT2D eigenvalue weighted by molar-refractivity contribution is 0.0697. The third kappa shape index (κ3) is 3.68. The molecule has 128 valence electrons. The van der Waals surface area contributed by atoms with Gasteiger partial charge in [0.2, 0.25) is 0 Å². The van der Waals surface area contributed by atoms with Crippen molar-refractivity contribution in [3.05, 3.63) is 53.1 Å². The fourth-order valence-corrected chi connectivity index (χ4v) is 3.62. The highest BCUT2D eigenvalue weighted by Gasteiger charge is 2.20. The smallest absolute Gasteiger partial charge is 0.335 e. The van der Waals surface area contributed by atoms with Gasteiger partial charge in [-0.15, -0.1) is 0 Å². The lowest BCUT2D eigenvalue weighted by Crippen LogP contribution is -2.15. The van der Waals surface area contributed by atoms with Crippen LogP contribution in [0, 0.1) is 13.8 Å². The van der Waals surface area contributed by atoms with Gasteiger partial charge >= 0.3 is 5.97 Å². The number of sulfonamides is 1. The van der Waals surface area contributed by atoms with E-state index in [0.29, 0.717) is 23.6 Å². The van der Waals surface area contributed by atoms with Gasteiger partial charge in [-0.3, -0.25) is 4.72 Å². The van der Waals surface area contributed by atoms with Crippen molar-refractivity contribution in [1.82, 2.24) is 0 Å². The van der Waals surface area contributed by atoms with Gasteiger partial charge in [-0.2, -0.15) is 0 Å². The standard InChI is InChI=1S/C17H19NO5S/c1-4-23-15-9-10-16(12(3)11(15)2)24(21,22)18-14-7-5-13(6-8-14)17(19)20/h5-10,18H,4H2,1-3H3,(H,19,20). The number of rotatable bonds is 6. The molecular weight excluding hydrogens is 330 g/mol.